The largest absolute Gasteiger partial charge is 0.0935 e. The Hall–Kier alpha value is -1.34. The average molecular weight is 319 g/mol. The molecule has 1 heterocycles. The minimum absolute atomic E-state index is 0.858. The zero-order valence-corrected chi connectivity index (χ0v) is 15.3. The van der Waals surface area contributed by atoms with E-state index in [4.69, 9.17) is 0 Å². The smallest absolute Gasteiger partial charge is 0.0648 e. The number of hydrogen-bond donors (Lipinski definition) is 0. The summed E-state index contributed by atoms with van der Waals surface area (Å²) in [5.74, 6) is 1.72. The first-order valence-electron chi connectivity index (χ1n) is 9.39. The van der Waals surface area contributed by atoms with Gasteiger partial charge in [-0.3, -0.25) is 0 Å². The van der Waals surface area contributed by atoms with Crippen LogP contribution >= 0.6 is 0 Å². The van der Waals surface area contributed by atoms with Gasteiger partial charge in [0.25, 0.3) is 0 Å². The lowest BCUT2D eigenvalue weighted by Gasteiger charge is -2.43. The third-order valence-corrected chi connectivity index (χ3v) is 14.0. The first kappa shape index (κ1) is 14.0. The summed E-state index contributed by atoms with van der Waals surface area (Å²) in [6.45, 7) is 5.07. The molecule has 1 heteroatoms. The van der Waals surface area contributed by atoms with Gasteiger partial charge in [-0.2, -0.15) is 0 Å². The molecular weight excluding hydrogens is 292 g/mol. The molecule has 0 nitrogen and oxygen atoms in total. The molecule has 0 amide bonds. The minimum Gasteiger partial charge on any atom is -0.0648 e. The predicted octanol–water partition coefficient (Wildman–Crippen LogP) is 5.35. The Bertz CT molecular complexity index is 762. The number of benzene rings is 2. The summed E-state index contributed by atoms with van der Waals surface area (Å²) in [6, 6.07) is 20.3. The first-order chi connectivity index (χ1) is 11.2. The Morgan fingerprint density at radius 1 is 0.913 bits per heavy atom. The molecule has 23 heavy (non-hydrogen) atoms. The maximum absolute atomic E-state index is 2.53. The van der Waals surface area contributed by atoms with Crippen LogP contribution in [0.5, 0.6) is 0 Å². The average Bonchev–Trinajstić information content (AvgIpc) is 3.26. The molecule has 0 aromatic heterocycles. The van der Waals surface area contributed by atoms with Crippen LogP contribution in [0.25, 0.3) is 0 Å². The van der Waals surface area contributed by atoms with E-state index < -0.39 is 8.07 Å². The molecule has 1 fully saturated rings. The molecule has 2 aromatic rings. The van der Waals surface area contributed by atoms with Crippen LogP contribution in [0, 0.1) is 0 Å². The van der Waals surface area contributed by atoms with E-state index in [0.29, 0.717) is 0 Å². The molecule has 1 aliphatic heterocycles. The van der Waals surface area contributed by atoms with Gasteiger partial charge in [-0.05, 0) is 64.9 Å². The van der Waals surface area contributed by atoms with Crippen molar-refractivity contribution in [3.63, 3.8) is 0 Å². The molecule has 2 aliphatic carbocycles. The molecule has 0 radical (unpaired) electrons. The predicted molar refractivity (Wildman–Crippen MR) is 100 cm³/mol. The Labute approximate surface area is 141 Å². The molecule has 5 rings (SSSR count). The lowest BCUT2D eigenvalue weighted by Crippen LogP contribution is -2.53. The molecule has 4 atom stereocenters. The van der Waals surface area contributed by atoms with Gasteiger partial charge in [0, 0.05) is 0 Å². The van der Waals surface area contributed by atoms with Crippen LogP contribution in [0.3, 0.4) is 0 Å². The van der Waals surface area contributed by atoms with E-state index in [0.717, 1.165) is 22.9 Å². The van der Waals surface area contributed by atoms with E-state index in [9.17, 15) is 0 Å². The third-order valence-electron chi connectivity index (χ3n) is 7.42. The topological polar surface area (TPSA) is 0 Å². The highest BCUT2D eigenvalue weighted by Gasteiger charge is 2.57. The molecule has 2 bridgehead atoms. The molecular formula is C22H26Si. The Morgan fingerprint density at radius 2 is 1.65 bits per heavy atom. The highest BCUT2D eigenvalue weighted by atomic mass is 28.3. The summed E-state index contributed by atoms with van der Waals surface area (Å²) in [4.78, 5) is 0. The SMILES string of the molecule is CC(C)[Si@@]1([C@@H]2C[C@@H]3C[C@H]2c2ccccc23)CCc2ccccc21. The van der Waals surface area contributed by atoms with Crippen LogP contribution in [0.15, 0.2) is 48.5 Å². The Morgan fingerprint density at radius 3 is 2.48 bits per heavy atom. The third kappa shape index (κ3) is 1.72. The highest BCUT2D eigenvalue weighted by Crippen LogP contribution is 2.64. The summed E-state index contributed by atoms with van der Waals surface area (Å²) in [5, 5.41) is 1.82. The zero-order chi connectivity index (χ0) is 15.6. The fraction of sp³-hybridized carbons (Fsp3) is 0.455. The van der Waals surface area contributed by atoms with E-state index in [1.807, 2.05) is 5.19 Å². The monoisotopic (exact) mass is 318 g/mol. The van der Waals surface area contributed by atoms with Crippen LogP contribution in [-0.2, 0) is 6.42 Å². The van der Waals surface area contributed by atoms with Gasteiger partial charge >= 0.3 is 0 Å². The molecule has 3 aliphatic rings. The molecule has 1 saturated carbocycles. The molecule has 0 spiro atoms. The van der Waals surface area contributed by atoms with Crippen LogP contribution in [-0.4, -0.2) is 8.07 Å². The number of aryl methyl sites for hydroxylation is 1. The van der Waals surface area contributed by atoms with E-state index in [-0.39, 0.29) is 0 Å². The van der Waals surface area contributed by atoms with Crippen molar-refractivity contribution in [2.75, 3.05) is 0 Å². The van der Waals surface area contributed by atoms with Crippen LogP contribution in [0.1, 0.15) is 55.2 Å². The summed E-state index contributed by atoms with van der Waals surface area (Å²) < 4.78 is 0. The molecule has 2 aromatic carbocycles. The Kier molecular flexibility index (Phi) is 2.95. The normalized spacial score (nSPS) is 34.0. The van der Waals surface area contributed by atoms with Gasteiger partial charge in [-0.25, -0.2) is 0 Å². The minimum atomic E-state index is -1.42. The van der Waals surface area contributed by atoms with E-state index in [1.165, 1.54) is 25.3 Å². The number of rotatable bonds is 2. The van der Waals surface area contributed by atoms with Crippen molar-refractivity contribution < 1.29 is 0 Å². The second kappa shape index (κ2) is 4.83. The van der Waals surface area contributed by atoms with Crippen molar-refractivity contribution in [3.05, 3.63) is 65.2 Å². The lowest BCUT2D eigenvalue weighted by atomic mass is 9.91. The van der Waals surface area contributed by atoms with Crippen molar-refractivity contribution in [2.24, 2.45) is 0 Å². The second-order valence-electron chi connectivity index (χ2n) is 8.36. The fourth-order valence-corrected chi connectivity index (χ4v) is 13.2. The molecule has 0 saturated heterocycles. The van der Waals surface area contributed by atoms with Crippen molar-refractivity contribution in [1.82, 2.24) is 0 Å². The van der Waals surface area contributed by atoms with Gasteiger partial charge in [-0.1, -0.05) is 67.6 Å². The Balaban J connectivity index is 1.64. The van der Waals surface area contributed by atoms with Gasteiger partial charge in [-0.15, -0.1) is 0 Å². The molecule has 0 unspecified atom stereocenters. The van der Waals surface area contributed by atoms with Crippen molar-refractivity contribution >= 4 is 13.3 Å². The van der Waals surface area contributed by atoms with E-state index >= 15 is 0 Å². The van der Waals surface area contributed by atoms with Gasteiger partial charge in [0.05, 0.1) is 8.07 Å². The van der Waals surface area contributed by atoms with E-state index in [2.05, 4.69) is 62.4 Å². The van der Waals surface area contributed by atoms with Gasteiger partial charge < -0.3 is 0 Å². The van der Waals surface area contributed by atoms with Crippen molar-refractivity contribution in [1.29, 1.82) is 0 Å². The number of fused-ring (bicyclic) bond motifs is 6. The maximum atomic E-state index is 2.53. The van der Waals surface area contributed by atoms with Gasteiger partial charge in [0.1, 0.15) is 0 Å². The summed E-state index contributed by atoms with van der Waals surface area (Å²) in [6.07, 6.45) is 4.25. The second-order valence-corrected chi connectivity index (χ2v) is 13.4. The van der Waals surface area contributed by atoms with Crippen molar-refractivity contribution in [2.45, 2.75) is 62.1 Å². The fourth-order valence-electron chi connectivity index (χ4n) is 6.51. The number of hydrogen-bond acceptors (Lipinski definition) is 0. The molecule has 118 valence electrons. The van der Waals surface area contributed by atoms with Crippen molar-refractivity contribution in [3.8, 4) is 0 Å². The maximum Gasteiger partial charge on any atom is 0.0935 e. The van der Waals surface area contributed by atoms with Crippen LogP contribution < -0.4 is 5.19 Å². The van der Waals surface area contributed by atoms with E-state index in [1.54, 1.807) is 16.7 Å². The lowest BCUT2D eigenvalue weighted by molar-refractivity contribution is 0.674. The highest BCUT2D eigenvalue weighted by molar-refractivity contribution is 6.95. The first-order valence-corrected chi connectivity index (χ1v) is 11.7. The van der Waals surface area contributed by atoms with Crippen LogP contribution in [0.2, 0.25) is 17.1 Å². The standard InChI is InChI=1S/C22H26Si/c1-15(2)23(12-11-16-7-3-6-10-21(16)23)22-14-17-13-20(22)19-9-5-4-8-18(17)19/h3-10,15,17,20,22H,11-14H2,1-2H3/t17-,20-,22+,23-/m0/s1. The summed E-state index contributed by atoms with van der Waals surface area (Å²) in [5.41, 5.74) is 6.93. The van der Waals surface area contributed by atoms with Gasteiger partial charge in [0.15, 0.2) is 0 Å². The zero-order valence-electron chi connectivity index (χ0n) is 14.3. The quantitative estimate of drug-likeness (QED) is 0.654. The summed E-state index contributed by atoms with van der Waals surface area (Å²) >= 11 is 0. The summed E-state index contributed by atoms with van der Waals surface area (Å²) in [7, 11) is -1.42. The van der Waals surface area contributed by atoms with Crippen LogP contribution in [0.4, 0.5) is 0 Å². The van der Waals surface area contributed by atoms with Gasteiger partial charge in [0.2, 0.25) is 0 Å². The molecule has 0 N–H and O–H groups in total.